The first-order valence-corrected chi connectivity index (χ1v) is 6.96. The van der Waals surface area contributed by atoms with E-state index in [1.54, 1.807) is 11.4 Å². The molecule has 10 heteroatoms. The number of carbonyl (C=O) groups is 2. The smallest absolute Gasteiger partial charge is 0.319 e. The molecule has 0 atom stereocenters. The molecule has 0 fully saturated rings. The lowest BCUT2D eigenvalue weighted by Gasteiger charge is -2.01. The highest BCUT2D eigenvalue weighted by atomic mass is 35.5. The minimum atomic E-state index is -1.09. The van der Waals surface area contributed by atoms with Gasteiger partial charge >= 0.3 is 6.03 Å². The van der Waals surface area contributed by atoms with Crippen LogP contribution in [-0.2, 0) is 4.79 Å². The number of nitriles is 1. The molecule has 0 saturated heterocycles. The SMILES string of the molecule is N#C/C(=C/c1ccc(-c2ccc([N+](=O)[O-])cc2Cl)o1)C(=O)NC(N)=O. The van der Waals surface area contributed by atoms with E-state index in [1.807, 2.05) is 0 Å². The number of nitro benzene ring substituents is 1. The lowest BCUT2D eigenvalue weighted by Crippen LogP contribution is -2.35. The fraction of sp³-hybridized carbons (Fsp3) is 0. The number of urea groups is 1. The predicted molar refractivity (Wildman–Crippen MR) is 87.1 cm³/mol. The number of nitro groups is 1. The van der Waals surface area contributed by atoms with Gasteiger partial charge < -0.3 is 10.2 Å². The Morgan fingerprint density at radius 3 is 2.64 bits per heavy atom. The van der Waals surface area contributed by atoms with Crippen LogP contribution in [0.3, 0.4) is 0 Å². The van der Waals surface area contributed by atoms with Crippen LogP contribution in [0.1, 0.15) is 5.76 Å². The quantitative estimate of drug-likeness (QED) is 0.370. The standard InChI is InChI=1S/C15H9ClN4O5/c16-12-6-9(20(23)24)1-3-11(12)13-4-2-10(25-13)5-8(7-17)14(21)19-15(18)22/h1-6H,(H3,18,19,21,22)/b8-5-. The van der Waals surface area contributed by atoms with E-state index in [4.69, 9.17) is 27.0 Å². The second-order valence-electron chi connectivity index (χ2n) is 4.61. The number of non-ortho nitro benzene ring substituents is 1. The lowest BCUT2D eigenvalue weighted by molar-refractivity contribution is -0.384. The van der Waals surface area contributed by atoms with Crippen molar-refractivity contribution in [2.75, 3.05) is 0 Å². The maximum absolute atomic E-state index is 11.6. The minimum Gasteiger partial charge on any atom is -0.457 e. The van der Waals surface area contributed by atoms with Gasteiger partial charge in [0.05, 0.1) is 9.95 Å². The molecule has 1 heterocycles. The second kappa shape index (κ2) is 7.29. The average Bonchev–Trinajstić information content (AvgIpc) is 2.99. The monoisotopic (exact) mass is 360 g/mol. The number of primary amides is 1. The molecule has 0 saturated carbocycles. The fourth-order valence-corrected chi connectivity index (χ4v) is 2.13. The van der Waals surface area contributed by atoms with Gasteiger partial charge in [0.15, 0.2) is 0 Å². The Balaban J connectivity index is 2.32. The highest BCUT2D eigenvalue weighted by molar-refractivity contribution is 6.33. The van der Waals surface area contributed by atoms with Gasteiger partial charge in [-0.3, -0.25) is 20.2 Å². The summed E-state index contributed by atoms with van der Waals surface area (Å²) < 4.78 is 5.46. The third-order valence-electron chi connectivity index (χ3n) is 2.94. The van der Waals surface area contributed by atoms with Gasteiger partial charge in [0, 0.05) is 23.8 Å². The molecule has 0 unspecified atom stereocenters. The zero-order chi connectivity index (χ0) is 18.6. The van der Waals surface area contributed by atoms with Crippen molar-refractivity contribution in [1.29, 1.82) is 5.26 Å². The van der Waals surface area contributed by atoms with Crippen LogP contribution in [0.2, 0.25) is 5.02 Å². The summed E-state index contributed by atoms with van der Waals surface area (Å²) in [6.07, 6.45) is 1.11. The molecule has 0 radical (unpaired) electrons. The normalized spacial score (nSPS) is 10.8. The Hall–Kier alpha value is -3.64. The van der Waals surface area contributed by atoms with Crippen LogP contribution < -0.4 is 11.1 Å². The van der Waals surface area contributed by atoms with Crippen molar-refractivity contribution in [2.45, 2.75) is 0 Å². The summed E-state index contributed by atoms with van der Waals surface area (Å²) in [6.45, 7) is 0. The Bertz CT molecular complexity index is 942. The number of rotatable bonds is 4. The Kier molecular flexibility index (Phi) is 5.16. The van der Waals surface area contributed by atoms with Gasteiger partial charge in [-0.2, -0.15) is 5.26 Å². The maximum atomic E-state index is 11.6. The second-order valence-corrected chi connectivity index (χ2v) is 5.02. The number of halogens is 1. The Labute approximate surface area is 145 Å². The summed E-state index contributed by atoms with van der Waals surface area (Å²) in [5.74, 6) is -0.555. The van der Waals surface area contributed by atoms with Gasteiger partial charge in [-0.15, -0.1) is 0 Å². The number of nitrogens with one attached hydrogen (secondary N) is 1. The summed E-state index contributed by atoms with van der Waals surface area (Å²) >= 11 is 6.01. The molecule has 2 rings (SSSR count). The number of nitrogens with zero attached hydrogens (tertiary/aromatic N) is 2. The molecule has 0 aliphatic carbocycles. The zero-order valence-corrected chi connectivity index (χ0v) is 13.1. The van der Waals surface area contributed by atoms with E-state index < -0.39 is 22.4 Å². The number of hydrogen-bond acceptors (Lipinski definition) is 6. The van der Waals surface area contributed by atoms with Crippen LogP contribution in [0, 0.1) is 21.4 Å². The van der Waals surface area contributed by atoms with Gasteiger partial charge in [0.1, 0.15) is 23.2 Å². The third-order valence-corrected chi connectivity index (χ3v) is 3.26. The number of imide groups is 1. The van der Waals surface area contributed by atoms with E-state index in [-0.39, 0.29) is 22.2 Å². The number of furan rings is 1. The van der Waals surface area contributed by atoms with Crippen LogP contribution in [0.15, 0.2) is 40.3 Å². The van der Waals surface area contributed by atoms with E-state index >= 15 is 0 Å². The van der Waals surface area contributed by atoms with E-state index in [9.17, 15) is 19.7 Å². The molecule has 1 aromatic carbocycles. The average molecular weight is 361 g/mol. The van der Waals surface area contributed by atoms with E-state index in [2.05, 4.69) is 0 Å². The van der Waals surface area contributed by atoms with Crippen LogP contribution in [0.5, 0.6) is 0 Å². The van der Waals surface area contributed by atoms with Crippen molar-refractivity contribution in [1.82, 2.24) is 5.32 Å². The topological polar surface area (TPSA) is 152 Å². The van der Waals surface area contributed by atoms with Crippen molar-refractivity contribution < 1.29 is 18.9 Å². The van der Waals surface area contributed by atoms with Gasteiger partial charge in [0.25, 0.3) is 11.6 Å². The van der Waals surface area contributed by atoms with Gasteiger partial charge in [-0.25, -0.2) is 4.79 Å². The maximum Gasteiger partial charge on any atom is 0.319 e. The first-order chi connectivity index (χ1) is 11.8. The molecular weight excluding hydrogens is 352 g/mol. The number of nitrogens with two attached hydrogens (primary N) is 1. The van der Waals surface area contributed by atoms with Crippen LogP contribution in [-0.4, -0.2) is 16.9 Å². The van der Waals surface area contributed by atoms with Crippen molar-refractivity contribution in [3.63, 3.8) is 0 Å². The molecule has 3 N–H and O–H groups in total. The Morgan fingerprint density at radius 2 is 2.08 bits per heavy atom. The van der Waals surface area contributed by atoms with E-state index in [0.29, 0.717) is 5.56 Å². The molecule has 0 aliphatic heterocycles. The largest absolute Gasteiger partial charge is 0.457 e. The highest BCUT2D eigenvalue weighted by Crippen LogP contribution is 2.32. The summed E-state index contributed by atoms with van der Waals surface area (Å²) in [5.41, 5.74) is 4.65. The van der Waals surface area contributed by atoms with E-state index in [1.165, 1.54) is 30.3 Å². The molecule has 9 nitrogen and oxygen atoms in total. The summed E-state index contributed by atoms with van der Waals surface area (Å²) in [7, 11) is 0. The van der Waals surface area contributed by atoms with Gasteiger partial charge in [-0.1, -0.05) is 11.6 Å². The highest BCUT2D eigenvalue weighted by Gasteiger charge is 2.15. The number of benzene rings is 1. The molecule has 25 heavy (non-hydrogen) atoms. The summed E-state index contributed by atoms with van der Waals surface area (Å²) in [6, 6.07) is 7.35. The first-order valence-electron chi connectivity index (χ1n) is 6.58. The molecule has 3 amide bonds. The third kappa shape index (κ3) is 4.21. The first kappa shape index (κ1) is 17.7. The fourth-order valence-electron chi connectivity index (χ4n) is 1.86. The molecule has 1 aromatic heterocycles. The van der Waals surface area contributed by atoms with Crippen molar-refractivity contribution in [3.05, 3.63) is 56.8 Å². The molecule has 126 valence electrons. The summed E-state index contributed by atoms with van der Waals surface area (Å²) in [5, 5.41) is 21.5. The molecular formula is C15H9ClN4O5. The van der Waals surface area contributed by atoms with Crippen LogP contribution in [0.25, 0.3) is 17.4 Å². The molecule has 2 aromatic rings. The van der Waals surface area contributed by atoms with Gasteiger partial charge in [0.2, 0.25) is 0 Å². The number of carbonyl (C=O) groups excluding carboxylic acids is 2. The van der Waals surface area contributed by atoms with E-state index in [0.717, 1.165) is 6.08 Å². The number of amides is 3. The van der Waals surface area contributed by atoms with Crippen LogP contribution >= 0.6 is 11.6 Å². The Morgan fingerprint density at radius 1 is 1.36 bits per heavy atom. The van der Waals surface area contributed by atoms with Gasteiger partial charge in [-0.05, 0) is 18.2 Å². The minimum absolute atomic E-state index is 0.103. The van der Waals surface area contributed by atoms with Crippen molar-refractivity contribution in [3.8, 4) is 17.4 Å². The molecule has 0 bridgehead atoms. The number of hydrogen-bond donors (Lipinski definition) is 2. The molecule has 0 spiro atoms. The lowest BCUT2D eigenvalue weighted by atomic mass is 10.1. The summed E-state index contributed by atoms with van der Waals surface area (Å²) in [4.78, 5) is 32.4. The molecule has 0 aliphatic rings. The predicted octanol–water partition coefficient (Wildman–Crippen LogP) is 2.61. The van der Waals surface area contributed by atoms with Crippen molar-refractivity contribution in [2.24, 2.45) is 5.73 Å². The van der Waals surface area contributed by atoms with Crippen molar-refractivity contribution >= 4 is 35.3 Å². The zero-order valence-electron chi connectivity index (χ0n) is 12.4. The van der Waals surface area contributed by atoms with Crippen LogP contribution in [0.4, 0.5) is 10.5 Å².